The maximum absolute atomic E-state index is 2.56. The van der Waals surface area contributed by atoms with Gasteiger partial charge in [0.25, 0.3) is 0 Å². The zero-order valence-electron chi connectivity index (χ0n) is 23.2. The number of para-hydroxylation sites is 1. The minimum Gasteiger partial charge on any atom is -0.312 e. The molecule has 0 saturated heterocycles. The van der Waals surface area contributed by atoms with Crippen LogP contribution in [0.4, 0.5) is 17.1 Å². The van der Waals surface area contributed by atoms with Crippen molar-refractivity contribution in [1.82, 2.24) is 0 Å². The number of benzene rings is 5. The Morgan fingerprint density at radius 3 is 1.82 bits per heavy atom. The van der Waals surface area contributed by atoms with Gasteiger partial charge in [-0.3, -0.25) is 0 Å². The molecule has 5 aliphatic rings. The van der Waals surface area contributed by atoms with E-state index in [1.807, 2.05) is 11.8 Å². The van der Waals surface area contributed by atoms with Crippen LogP contribution in [0.1, 0.15) is 49.9 Å². The molecule has 188 valence electrons. The molecule has 5 aromatic carbocycles. The summed E-state index contributed by atoms with van der Waals surface area (Å²) in [6.07, 6.45) is 0. The predicted octanol–water partition coefficient (Wildman–Crippen LogP) is 4.56. The fourth-order valence-corrected chi connectivity index (χ4v) is 10.4. The van der Waals surface area contributed by atoms with E-state index in [4.69, 9.17) is 0 Å². The largest absolute Gasteiger partial charge is 0.312 e. The van der Waals surface area contributed by atoms with Crippen molar-refractivity contribution in [3.8, 4) is 0 Å². The molecular weight excluding hydrogens is 500 g/mol. The summed E-state index contributed by atoms with van der Waals surface area (Å²) in [7, 11) is 0. The number of hydrogen-bond donors (Lipinski definition) is 0. The second kappa shape index (κ2) is 6.81. The minimum absolute atomic E-state index is 0.0509. The molecule has 0 aliphatic carbocycles. The van der Waals surface area contributed by atoms with Crippen LogP contribution in [0, 0.1) is 0 Å². The summed E-state index contributed by atoms with van der Waals surface area (Å²) in [4.78, 5) is 5.46. The number of nitrogens with zero attached hydrogens (tertiary/aromatic N) is 1. The van der Waals surface area contributed by atoms with Crippen molar-refractivity contribution >= 4 is 75.0 Å². The summed E-state index contributed by atoms with van der Waals surface area (Å²) in [6.45, 7) is 10.4. The monoisotopic (exact) mass is 527 g/mol. The van der Waals surface area contributed by atoms with Crippen molar-refractivity contribution in [3.63, 3.8) is 0 Å². The molecule has 0 atom stereocenters. The summed E-state index contributed by atoms with van der Waals surface area (Å²) in [6, 6.07) is 34.9. The van der Waals surface area contributed by atoms with Crippen molar-refractivity contribution < 1.29 is 0 Å². The van der Waals surface area contributed by atoms with E-state index in [0.717, 1.165) is 0 Å². The van der Waals surface area contributed by atoms with E-state index in [2.05, 4.69) is 124 Å². The van der Waals surface area contributed by atoms with Gasteiger partial charge >= 0.3 is 0 Å². The molecule has 0 bridgehead atoms. The minimum atomic E-state index is -0.0699. The van der Waals surface area contributed by atoms with Crippen LogP contribution in [-0.4, -0.2) is 13.4 Å². The SMILES string of the molecule is CC1(C)c2cccc3c2B2c4c(ccc5c4B4c6c(cccc6C5(C)C)Sc5ccc1c2c54)N3c1ccccc1. The third kappa shape index (κ3) is 2.25. The first-order valence-electron chi connectivity index (χ1n) is 14.5. The standard InChI is InChI=1S/C36H27B2NS/c1-35(2)21-12-8-14-25-29(21)37-32-24(35)17-19-28-34(32)38-30-22(13-9-15-27(30)40-28)36(3,4)23-16-18-26(33(37)31(23)38)39(25)20-10-6-5-7-11-20/h5-19H,1-4H3. The summed E-state index contributed by atoms with van der Waals surface area (Å²) < 4.78 is 0. The molecule has 0 radical (unpaired) electrons. The zero-order valence-corrected chi connectivity index (χ0v) is 24.0. The lowest BCUT2D eigenvalue weighted by molar-refractivity contribution is 0.642. The smallest absolute Gasteiger partial charge is 0.246 e. The van der Waals surface area contributed by atoms with Crippen LogP contribution in [0.2, 0.25) is 0 Å². The van der Waals surface area contributed by atoms with Gasteiger partial charge in [-0.15, -0.1) is 0 Å². The molecule has 1 nitrogen and oxygen atoms in total. The molecule has 5 aromatic rings. The van der Waals surface area contributed by atoms with Gasteiger partial charge in [-0.05, 0) is 69.6 Å². The number of rotatable bonds is 1. The van der Waals surface area contributed by atoms with Gasteiger partial charge in [0.1, 0.15) is 0 Å². The Hall–Kier alpha value is -3.62. The van der Waals surface area contributed by atoms with E-state index >= 15 is 0 Å². The van der Waals surface area contributed by atoms with Crippen LogP contribution >= 0.6 is 11.8 Å². The van der Waals surface area contributed by atoms with Gasteiger partial charge in [-0.25, -0.2) is 0 Å². The van der Waals surface area contributed by atoms with E-state index in [-0.39, 0.29) is 17.5 Å². The third-order valence-corrected chi connectivity index (χ3v) is 12.0. The molecule has 5 aliphatic heterocycles. The molecule has 5 heterocycles. The highest BCUT2D eigenvalue weighted by Crippen LogP contribution is 2.46. The fourth-order valence-electron chi connectivity index (χ4n) is 9.17. The van der Waals surface area contributed by atoms with Gasteiger partial charge in [0.15, 0.2) is 0 Å². The average molecular weight is 527 g/mol. The summed E-state index contributed by atoms with van der Waals surface area (Å²) in [5, 5.41) is 0. The molecule has 0 aromatic heterocycles. The topological polar surface area (TPSA) is 3.24 Å². The maximum Gasteiger partial charge on any atom is 0.246 e. The molecule has 4 heteroatoms. The quantitative estimate of drug-likeness (QED) is 0.288. The lowest BCUT2D eigenvalue weighted by Gasteiger charge is -2.53. The Labute approximate surface area is 240 Å². The van der Waals surface area contributed by atoms with E-state index in [9.17, 15) is 0 Å². The summed E-state index contributed by atoms with van der Waals surface area (Å²) >= 11 is 2.00. The van der Waals surface area contributed by atoms with Crippen molar-refractivity contribution in [1.29, 1.82) is 0 Å². The van der Waals surface area contributed by atoms with Crippen LogP contribution in [0.15, 0.2) is 101 Å². The van der Waals surface area contributed by atoms with Gasteiger partial charge in [-0.1, -0.05) is 116 Å². The molecular formula is C36H27B2NS. The van der Waals surface area contributed by atoms with Gasteiger partial charge in [0.05, 0.1) is 0 Å². The van der Waals surface area contributed by atoms with Crippen molar-refractivity contribution in [2.45, 2.75) is 48.3 Å². The van der Waals surface area contributed by atoms with Gasteiger partial charge in [0, 0.05) is 37.7 Å². The number of anilines is 3. The molecule has 0 unspecified atom stereocenters. The molecule has 40 heavy (non-hydrogen) atoms. The first-order chi connectivity index (χ1) is 19.4. The predicted molar refractivity (Wildman–Crippen MR) is 172 cm³/mol. The Kier molecular flexibility index (Phi) is 3.76. The second-order valence-electron chi connectivity index (χ2n) is 13.2. The highest BCUT2D eigenvalue weighted by atomic mass is 32.2. The highest BCUT2D eigenvalue weighted by molar-refractivity contribution is 8.00. The normalized spacial score (nSPS) is 18.1. The van der Waals surface area contributed by atoms with Crippen molar-refractivity contribution in [3.05, 3.63) is 113 Å². The summed E-state index contributed by atoms with van der Waals surface area (Å²) in [5.41, 5.74) is 19.2. The lowest BCUT2D eigenvalue weighted by atomic mass is 9.16. The van der Waals surface area contributed by atoms with Gasteiger partial charge < -0.3 is 4.90 Å². The second-order valence-corrected chi connectivity index (χ2v) is 14.3. The molecule has 10 rings (SSSR count). The zero-order chi connectivity index (χ0) is 26.7. The fraction of sp³-hybridized carbons (Fsp3) is 0.167. The van der Waals surface area contributed by atoms with E-state index in [0.29, 0.717) is 6.71 Å². The van der Waals surface area contributed by atoms with Crippen molar-refractivity contribution in [2.24, 2.45) is 0 Å². The average Bonchev–Trinajstić information content (AvgIpc) is 2.96. The molecule has 0 amide bonds. The Balaban J connectivity index is 1.44. The maximum atomic E-state index is 2.56. The van der Waals surface area contributed by atoms with Crippen LogP contribution in [0.25, 0.3) is 0 Å². The van der Waals surface area contributed by atoms with E-state index < -0.39 is 0 Å². The van der Waals surface area contributed by atoms with Crippen LogP contribution in [0.3, 0.4) is 0 Å². The summed E-state index contributed by atoms with van der Waals surface area (Å²) in [5.74, 6) is 0. The van der Waals surface area contributed by atoms with Crippen LogP contribution in [-0.2, 0) is 10.8 Å². The first-order valence-corrected chi connectivity index (χ1v) is 15.3. The molecule has 0 spiro atoms. The molecule has 0 N–H and O–H groups in total. The Morgan fingerprint density at radius 2 is 1.05 bits per heavy atom. The van der Waals surface area contributed by atoms with Crippen molar-refractivity contribution in [2.75, 3.05) is 4.90 Å². The Morgan fingerprint density at radius 1 is 0.475 bits per heavy atom. The highest BCUT2D eigenvalue weighted by Gasteiger charge is 2.56. The van der Waals surface area contributed by atoms with Gasteiger partial charge in [0.2, 0.25) is 13.4 Å². The van der Waals surface area contributed by atoms with E-state index in [1.165, 1.54) is 54.6 Å². The molecule has 0 fully saturated rings. The molecule has 0 saturated carbocycles. The first kappa shape index (κ1) is 22.1. The lowest BCUT2D eigenvalue weighted by Crippen LogP contribution is -2.82. The van der Waals surface area contributed by atoms with E-state index in [1.54, 1.807) is 27.3 Å². The Bertz CT molecular complexity index is 2010. The van der Waals surface area contributed by atoms with Crippen LogP contribution < -0.4 is 37.7 Å². The number of hydrogen-bond acceptors (Lipinski definition) is 2. The van der Waals surface area contributed by atoms with Gasteiger partial charge in [-0.2, -0.15) is 0 Å². The third-order valence-electron chi connectivity index (χ3n) is 10.8. The van der Waals surface area contributed by atoms with Crippen LogP contribution in [0.5, 0.6) is 0 Å².